The largest absolute Gasteiger partial charge is 0.481 e. The summed E-state index contributed by atoms with van der Waals surface area (Å²) >= 11 is 0. The molecular weight excluding hydrogens is 176 g/mol. The molecule has 1 aromatic heterocycles. The second-order valence-electron chi connectivity index (χ2n) is 3.40. The first-order valence-electron chi connectivity index (χ1n) is 5.03. The lowest BCUT2D eigenvalue weighted by atomic mass is 10.2. The minimum Gasteiger partial charge on any atom is -0.481 e. The third-order valence-electron chi connectivity index (χ3n) is 2.05. The van der Waals surface area contributed by atoms with E-state index in [2.05, 4.69) is 24.1 Å². The summed E-state index contributed by atoms with van der Waals surface area (Å²) in [5, 5.41) is 3.33. The molecule has 0 saturated heterocycles. The van der Waals surface area contributed by atoms with Gasteiger partial charge in [-0.3, -0.25) is 0 Å². The summed E-state index contributed by atoms with van der Waals surface area (Å²) in [7, 11) is 1.63. The summed E-state index contributed by atoms with van der Waals surface area (Å²) in [6.07, 6.45) is 2.33. The number of anilines is 1. The lowest BCUT2D eigenvalue weighted by Crippen LogP contribution is -2.15. The monoisotopic (exact) mass is 194 g/mol. The third-order valence-corrected chi connectivity index (χ3v) is 2.05. The average Bonchev–Trinajstić information content (AvgIpc) is 2.18. The Bertz CT molecular complexity index is 276. The summed E-state index contributed by atoms with van der Waals surface area (Å²) in [6, 6.07) is 6.19. The highest BCUT2D eigenvalue weighted by Gasteiger charge is 2.01. The summed E-state index contributed by atoms with van der Waals surface area (Å²) in [5.41, 5.74) is 0. The first-order chi connectivity index (χ1) is 6.76. The maximum Gasteiger partial charge on any atom is 0.214 e. The predicted molar refractivity (Wildman–Crippen MR) is 58.8 cm³/mol. The molecule has 1 aromatic rings. The van der Waals surface area contributed by atoms with Crippen molar-refractivity contribution in [3.8, 4) is 5.88 Å². The van der Waals surface area contributed by atoms with Crippen LogP contribution in [-0.2, 0) is 0 Å². The van der Waals surface area contributed by atoms with Crippen LogP contribution in [0, 0.1) is 0 Å². The molecule has 0 spiro atoms. The second kappa shape index (κ2) is 5.47. The van der Waals surface area contributed by atoms with Gasteiger partial charge in [0.05, 0.1) is 7.11 Å². The van der Waals surface area contributed by atoms with E-state index in [1.807, 2.05) is 18.2 Å². The second-order valence-corrected chi connectivity index (χ2v) is 3.40. The van der Waals surface area contributed by atoms with E-state index in [0.717, 1.165) is 12.2 Å². The van der Waals surface area contributed by atoms with E-state index >= 15 is 0 Å². The number of nitrogens with zero attached hydrogens (tertiary/aromatic N) is 1. The van der Waals surface area contributed by atoms with Crippen molar-refractivity contribution in [3.05, 3.63) is 18.2 Å². The van der Waals surface area contributed by atoms with Gasteiger partial charge in [-0.1, -0.05) is 19.4 Å². The highest BCUT2D eigenvalue weighted by molar-refractivity contribution is 5.37. The summed E-state index contributed by atoms with van der Waals surface area (Å²) < 4.78 is 5.05. The number of hydrogen-bond acceptors (Lipinski definition) is 3. The Morgan fingerprint density at radius 3 is 2.93 bits per heavy atom. The zero-order chi connectivity index (χ0) is 10.4. The fourth-order valence-corrected chi connectivity index (χ4v) is 1.37. The first kappa shape index (κ1) is 10.8. The van der Waals surface area contributed by atoms with Crippen LogP contribution in [-0.4, -0.2) is 18.1 Å². The zero-order valence-electron chi connectivity index (χ0n) is 9.08. The molecule has 0 saturated carbocycles. The smallest absolute Gasteiger partial charge is 0.214 e. The SMILES string of the molecule is CCCC(C)Nc1cccc(OC)n1. The van der Waals surface area contributed by atoms with Crippen LogP contribution in [0.15, 0.2) is 18.2 Å². The highest BCUT2D eigenvalue weighted by atomic mass is 16.5. The summed E-state index contributed by atoms with van der Waals surface area (Å²) in [4.78, 5) is 4.28. The van der Waals surface area contributed by atoms with Crippen LogP contribution in [0.3, 0.4) is 0 Å². The van der Waals surface area contributed by atoms with Gasteiger partial charge >= 0.3 is 0 Å². The standard InChI is InChI=1S/C11H18N2O/c1-4-6-9(2)12-10-7-5-8-11(13-10)14-3/h5,7-9H,4,6H2,1-3H3,(H,12,13). The van der Waals surface area contributed by atoms with Crippen molar-refractivity contribution in [2.75, 3.05) is 12.4 Å². The Balaban J connectivity index is 2.57. The van der Waals surface area contributed by atoms with E-state index in [1.165, 1.54) is 6.42 Å². The molecule has 14 heavy (non-hydrogen) atoms. The van der Waals surface area contributed by atoms with Crippen LogP contribution in [0.25, 0.3) is 0 Å². The molecule has 0 radical (unpaired) electrons. The van der Waals surface area contributed by atoms with Crippen molar-refractivity contribution in [1.29, 1.82) is 0 Å². The summed E-state index contributed by atoms with van der Waals surface area (Å²) in [6.45, 7) is 4.34. The molecule has 1 heterocycles. The van der Waals surface area contributed by atoms with Crippen LogP contribution < -0.4 is 10.1 Å². The van der Waals surface area contributed by atoms with E-state index in [4.69, 9.17) is 4.74 Å². The normalized spacial score (nSPS) is 12.2. The van der Waals surface area contributed by atoms with Crippen LogP contribution >= 0.6 is 0 Å². The molecule has 0 aromatic carbocycles. The van der Waals surface area contributed by atoms with Crippen LogP contribution in [0.5, 0.6) is 5.88 Å². The van der Waals surface area contributed by atoms with Gasteiger partial charge in [0.1, 0.15) is 5.82 Å². The molecular formula is C11H18N2O. The number of ether oxygens (including phenoxy) is 1. The molecule has 3 nitrogen and oxygen atoms in total. The molecule has 0 aliphatic carbocycles. The Morgan fingerprint density at radius 2 is 2.29 bits per heavy atom. The van der Waals surface area contributed by atoms with Crippen molar-refractivity contribution < 1.29 is 4.74 Å². The van der Waals surface area contributed by atoms with E-state index in [0.29, 0.717) is 11.9 Å². The molecule has 1 unspecified atom stereocenters. The molecule has 3 heteroatoms. The minimum absolute atomic E-state index is 0.458. The van der Waals surface area contributed by atoms with E-state index in [-0.39, 0.29) is 0 Å². The molecule has 1 atom stereocenters. The molecule has 0 bridgehead atoms. The molecule has 0 aliphatic heterocycles. The fourth-order valence-electron chi connectivity index (χ4n) is 1.37. The summed E-state index contributed by atoms with van der Waals surface area (Å²) in [5.74, 6) is 1.53. The number of rotatable bonds is 5. The van der Waals surface area contributed by atoms with Crippen molar-refractivity contribution in [2.24, 2.45) is 0 Å². The van der Waals surface area contributed by atoms with Crippen molar-refractivity contribution in [3.63, 3.8) is 0 Å². The van der Waals surface area contributed by atoms with Gasteiger partial charge in [0.2, 0.25) is 5.88 Å². The zero-order valence-corrected chi connectivity index (χ0v) is 9.08. The fraction of sp³-hybridized carbons (Fsp3) is 0.545. The van der Waals surface area contributed by atoms with Gasteiger partial charge in [0.25, 0.3) is 0 Å². The third kappa shape index (κ3) is 3.24. The van der Waals surface area contributed by atoms with Gasteiger partial charge in [-0.25, -0.2) is 0 Å². The van der Waals surface area contributed by atoms with Crippen LogP contribution in [0.4, 0.5) is 5.82 Å². The quantitative estimate of drug-likeness (QED) is 0.782. The van der Waals surface area contributed by atoms with E-state index in [9.17, 15) is 0 Å². The van der Waals surface area contributed by atoms with Crippen LogP contribution in [0.1, 0.15) is 26.7 Å². The van der Waals surface area contributed by atoms with Crippen LogP contribution in [0.2, 0.25) is 0 Å². The van der Waals surface area contributed by atoms with Gasteiger partial charge in [-0.05, 0) is 19.4 Å². The predicted octanol–water partition coefficient (Wildman–Crippen LogP) is 2.69. The Kier molecular flexibility index (Phi) is 4.23. The molecule has 0 amide bonds. The Hall–Kier alpha value is -1.25. The van der Waals surface area contributed by atoms with Crippen molar-refractivity contribution in [1.82, 2.24) is 4.98 Å². The lowest BCUT2D eigenvalue weighted by molar-refractivity contribution is 0.398. The van der Waals surface area contributed by atoms with Gasteiger partial charge in [-0.2, -0.15) is 4.98 Å². The number of methoxy groups -OCH3 is 1. The maximum absolute atomic E-state index is 5.05. The lowest BCUT2D eigenvalue weighted by Gasteiger charge is -2.13. The number of pyridine rings is 1. The molecule has 1 rings (SSSR count). The van der Waals surface area contributed by atoms with Gasteiger partial charge < -0.3 is 10.1 Å². The molecule has 78 valence electrons. The highest BCUT2D eigenvalue weighted by Crippen LogP contribution is 2.12. The number of aromatic nitrogens is 1. The number of nitrogens with one attached hydrogen (secondary N) is 1. The van der Waals surface area contributed by atoms with Gasteiger partial charge in [0, 0.05) is 12.1 Å². The molecule has 1 N–H and O–H groups in total. The maximum atomic E-state index is 5.05. The van der Waals surface area contributed by atoms with E-state index in [1.54, 1.807) is 7.11 Å². The number of hydrogen-bond donors (Lipinski definition) is 1. The molecule has 0 fully saturated rings. The van der Waals surface area contributed by atoms with E-state index < -0.39 is 0 Å². The Morgan fingerprint density at radius 1 is 1.50 bits per heavy atom. The van der Waals surface area contributed by atoms with Crippen molar-refractivity contribution >= 4 is 5.82 Å². The minimum atomic E-state index is 0.458. The Labute approximate surface area is 85.5 Å². The van der Waals surface area contributed by atoms with Gasteiger partial charge in [0.15, 0.2) is 0 Å². The topological polar surface area (TPSA) is 34.1 Å². The first-order valence-corrected chi connectivity index (χ1v) is 5.03. The average molecular weight is 194 g/mol. The van der Waals surface area contributed by atoms with Gasteiger partial charge in [-0.15, -0.1) is 0 Å². The van der Waals surface area contributed by atoms with Crippen molar-refractivity contribution in [2.45, 2.75) is 32.7 Å². The molecule has 0 aliphatic rings.